The van der Waals surface area contributed by atoms with E-state index in [-0.39, 0.29) is 36.4 Å². The second-order valence-electron chi connectivity index (χ2n) is 13.2. The van der Waals surface area contributed by atoms with Crippen LogP contribution in [0.3, 0.4) is 0 Å². The minimum Gasteiger partial charge on any atom is -0.481 e. The SMILES string of the molecule is [2H]C([2H])([2H])C(=O)Oc1ccccc1C(=O)Oc1ccccc1C(=O)OC(C(=O)NCCC(=O)O)C(C)(C)COC(=O)CCC/C=C\C/C=C\C/C=C\C/C=C\C/C=C\CC. The number of carbonyl (C=O) groups is 6. The zero-order chi connectivity index (χ0) is 44.4. The summed E-state index contributed by atoms with van der Waals surface area (Å²) in [7, 11) is 0. The lowest BCUT2D eigenvalue weighted by Gasteiger charge is -2.32. The molecule has 0 saturated heterocycles. The van der Waals surface area contributed by atoms with Crippen LogP contribution in [0.25, 0.3) is 0 Å². The van der Waals surface area contributed by atoms with E-state index in [2.05, 4.69) is 60.8 Å². The van der Waals surface area contributed by atoms with E-state index in [1.807, 2.05) is 12.2 Å². The van der Waals surface area contributed by atoms with Crippen LogP contribution in [-0.4, -0.2) is 60.1 Å². The molecule has 0 aliphatic carbocycles. The van der Waals surface area contributed by atoms with Crippen molar-refractivity contribution < 1.29 is 56.9 Å². The molecule has 12 nitrogen and oxygen atoms in total. The quantitative estimate of drug-likeness (QED) is 0.0428. The minimum absolute atomic E-state index is 0.0942. The summed E-state index contributed by atoms with van der Waals surface area (Å²) < 4.78 is 43.2. The van der Waals surface area contributed by atoms with E-state index in [0.717, 1.165) is 32.1 Å². The first-order valence-corrected chi connectivity index (χ1v) is 18.8. The maximum Gasteiger partial charge on any atom is 0.347 e. The third kappa shape index (κ3) is 19.4. The van der Waals surface area contributed by atoms with Gasteiger partial charge in [-0.25, -0.2) is 9.59 Å². The van der Waals surface area contributed by atoms with E-state index in [0.29, 0.717) is 12.8 Å². The molecule has 1 amide bonds. The largest absolute Gasteiger partial charge is 0.481 e. The van der Waals surface area contributed by atoms with Gasteiger partial charge < -0.3 is 29.4 Å². The number of carbonyl (C=O) groups excluding carboxylic acids is 5. The Balaban J connectivity index is 2.01. The lowest BCUT2D eigenvalue weighted by molar-refractivity contribution is -0.153. The summed E-state index contributed by atoms with van der Waals surface area (Å²) in [5, 5.41) is 11.5. The van der Waals surface area contributed by atoms with Crippen LogP contribution in [0, 0.1) is 5.41 Å². The van der Waals surface area contributed by atoms with Crippen molar-refractivity contribution in [1.82, 2.24) is 5.32 Å². The van der Waals surface area contributed by atoms with Crippen LogP contribution in [0.2, 0.25) is 0 Å². The van der Waals surface area contributed by atoms with Gasteiger partial charge >= 0.3 is 29.8 Å². The number of carboxylic acid groups (broad SMARTS) is 1. The number of hydrogen-bond donors (Lipinski definition) is 2. The Morgan fingerprint density at radius 3 is 1.82 bits per heavy atom. The number of carboxylic acids is 1. The van der Waals surface area contributed by atoms with E-state index < -0.39 is 66.3 Å². The Hall–Kier alpha value is -6.04. The molecule has 0 saturated carbocycles. The molecule has 57 heavy (non-hydrogen) atoms. The van der Waals surface area contributed by atoms with Gasteiger partial charge in [-0.05, 0) is 69.2 Å². The minimum atomic E-state index is -3.10. The highest BCUT2D eigenvalue weighted by molar-refractivity contribution is 5.99. The zero-order valence-electron chi connectivity index (χ0n) is 35.8. The van der Waals surface area contributed by atoms with Crippen molar-refractivity contribution in [2.45, 2.75) is 91.5 Å². The predicted molar refractivity (Wildman–Crippen MR) is 217 cm³/mol. The van der Waals surface area contributed by atoms with Gasteiger partial charge in [0.1, 0.15) is 29.2 Å². The van der Waals surface area contributed by atoms with Gasteiger partial charge in [-0.1, -0.05) is 106 Å². The van der Waals surface area contributed by atoms with E-state index in [9.17, 15) is 28.8 Å². The highest BCUT2D eigenvalue weighted by Crippen LogP contribution is 2.29. The van der Waals surface area contributed by atoms with Gasteiger partial charge in [0.25, 0.3) is 5.91 Å². The van der Waals surface area contributed by atoms with Crippen molar-refractivity contribution in [3.8, 4) is 11.5 Å². The highest BCUT2D eigenvalue weighted by atomic mass is 16.6. The summed E-state index contributed by atoms with van der Waals surface area (Å²) in [5.41, 5.74) is -1.96. The van der Waals surface area contributed by atoms with Crippen molar-refractivity contribution in [3.05, 3.63) is 120 Å². The summed E-state index contributed by atoms with van der Waals surface area (Å²) in [6, 6.07) is 10.6. The van der Waals surface area contributed by atoms with Crippen LogP contribution in [-0.2, 0) is 28.7 Å². The van der Waals surface area contributed by atoms with Crippen LogP contribution >= 0.6 is 0 Å². The van der Waals surface area contributed by atoms with Crippen molar-refractivity contribution in [1.29, 1.82) is 0 Å². The summed E-state index contributed by atoms with van der Waals surface area (Å²) in [5.74, 6) is -7.08. The van der Waals surface area contributed by atoms with Crippen LogP contribution in [0.4, 0.5) is 0 Å². The Labute approximate surface area is 339 Å². The number of benzene rings is 2. The van der Waals surface area contributed by atoms with E-state index >= 15 is 0 Å². The molecule has 2 aromatic carbocycles. The number of amides is 1. The highest BCUT2D eigenvalue weighted by Gasteiger charge is 2.40. The molecule has 2 N–H and O–H groups in total. The smallest absolute Gasteiger partial charge is 0.347 e. The number of nitrogens with one attached hydrogen (secondary N) is 1. The monoisotopic (exact) mass is 788 g/mol. The molecular weight excluding hydrogens is 730 g/mol. The molecule has 0 aromatic heterocycles. The molecule has 2 aromatic rings. The Bertz CT molecular complexity index is 1890. The summed E-state index contributed by atoms with van der Waals surface area (Å²) in [6.07, 6.45) is 24.8. The van der Waals surface area contributed by atoms with Gasteiger partial charge in [-0.15, -0.1) is 0 Å². The predicted octanol–water partition coefficient (Wildman–Crippen LogP) is 8.44. The molecule has 2 rings (SSSR count). The second kappa shape index (κ2) is 26.7. The fourth-order valence-corrected chi connectivity index (χ4v) is 4.97. The van der Waals surface area contributed by atoms with Gasteiger partial charge in [-0.3, -0.25) is 19.2 Å². The molecule has 0 radical (unpaired) electrons. The van der Waals surface area contributed by atoms with Crippen molar-refractivity contribution in [3.63, 3.8) is 0 Å². The van der Waals surface area contributed by atoms with E-state index in [1.54, 1.807) is 0 Å². The van der Waals surface area contributed by atoms with Crippen LogP contribution in [0.15, 0.2) is 109 Å². The number of rotatable bonds is 25. The molecule has 0 aliphatic rings. The number of aliphatic carboxylic acids is 1. The van der Waals surface area contributed by atoms with Gasteiger partial charge in [0.2, 0.25) is 0 Å². The number of para-hydroxylation sites is 2. The zero-order valence-corrected chi connectivity index (χ0v) is 32.8. The summed E-state index contributed by atoms with van der Waals surface area (Å²) in [4.78, 5) is 76.0. The lowest BCUT2D eigenvalue weighted by atomic mass is 9.86. The molecule has 0 bridgehead atoms. The Morgan fingerprint density at radius 2 is 1.26 bits per heavy atom. The van der Waals surface area contributed by atoms with E-state index in [4.69, 9.17) is 28.2 Å². The van der Waals surface area contributed by atoms with E-state index in [1.165, 1.54) is 62.4 Å². The molecular formula is C45H55NO11. The standard InChI is InChI=1S/C45H55NO11/c1-5-6-7-8-9-10-11-12-13-14-15-16-17-18-19-20-21-30-40(50)54-33-45(3,4)41(42(51)46-32-31-39(48)49)57-44(53)36-27-23-25-29-38(36)56-43(52)35-26-22-24-28-37(35)55-34(2)47/h6-7,9-10,12-13,15-16,18-19,22-29,41H,5,8,11,14,17,20-21,30-33H2,1-4H3,(H,46,51)(H,48,49)/b7-6-,10-9-,13-12-,16-15-,19-18-/i2D3. The van der Waals surface area contributed by atoms with Crippen molar-refractivity contribution >= 4 is 35.8 Å². The first kappa shape index (κ1) is 42.1. The van der Waals surface area contributed by atoms with Crippen LogP contribution in [0.1, 0.15) is 110 Å². The topological polar surface area (TPSA) is 172 Å². The third-order valence-electron chi connectivity index (χ3n) is 7.94. The summed E-state index contributed by atoms with van der Waals surface area (Å²) >= 11 is 0. The second-order valence-corrected chi connectivity index (χ2v) is 13.2. The number of ether oxygens (including phenoxy) is 4. The first-order chi connectivity index (χ1) is 28.6. The Morgan fingerprint density at radius 1 is 0.737 bits per heavy atom. The number of unbranched alkanes of at least 4 members (excludes halogenated alkanes) is 1. The van der Waals surface area contributed by atoms with Crippen LogP contribution < -0.4 is 14.8 Å². The molecule has 1 unspecified atom stereocenters. The molecule has 12 heteroatoms. The van der Waals surface area contributed by atoms with Gasteiger partial charge in [0.05, 0.1) is 6.42 Å². The fourth-order valence-electron chi connectivity index (χ4n) is 4.97. The van der Waals surface area contributed by atoms with Crippen molar-refractivity contribution in [2.24, 2.45) is 5.41 Å². The maximum atomic E-state index is 13.6. The molecule has 0 aliphatic heterocycles. The number of allylic oxidation sites excluding steroid dienone is 10. The fraction of sp³-hybridized carbons (Fsp3) is 0.378. The van der Waals surface area contributed by atoms with Gasteiger partial charge in [0, 0.05) is 29.3 Å². The molecule has 0 heterocycles. The average Bonchev–Trinajstić information content (AvgIpc) is 3.20. The maximum absolute atomic E-state index is 13.6. The normalized spacial score (nSPS) is 13.4. The van der Waals surface area contributed by atoms with Crippen LogP contribution in [0.5, 0.6) is 11.5 Å². The first-order valence-electron chi connectivity index (χ1n) is 20.3. The molecule has 1 atom stereocenters. The molecule has 0 fully saturated rings. The number of hydrogen-bond acceptors (Lipinski definition) is 10. The molecule has 306 valence electrons. The Kier molecular flexibility index (Phi) is 19.7. The number of esters is 4. The third-order valence-corrected chi connectivity index (χ3v) is 7.94. The van der Waals surface area contributed by atoms with Gasteiger partial charge in [-0.2, -0.15) is 0 Å². The average molecular weight is 789 g/mol. The molecule has 0 spiro atoms. The van der Waals surface area contributed by atoms with Crippen molar-refractivity contribution in [2.75, 3.05) is 13.2 Å². The van der Waals surface area contributed by atoms with Gasteiger partial charge in [0.15, 0.2) is 6.10 Å². The lowest BCUT2D eigenvalue weighted by Crippen LogP contribution is -2.49. The summed E-state index contributed by atoms with van der Waals surface area (Å²) in [6.45, 7) is 1.42.